The molecule has 1 saturated heterocycles. The van der Waals surface area contributed by atoms with Gasteiger partial charge in [0.15, 0.2) is 0 Å². The van der Waals surface area contributed by atoms with E-state index in [0.717, 1.165) is 36.5 Å². The highest BCUT2D eigenvalue weighted by Gasteiger charge is 2.32. The maximum absolute atomic E-state index is 13.3. The third-order valence-electron chi connectivity index (χ3n) is 4.50. The second-order valence-corrected chi connectivity index (χ2v) is 7.89. The minimum absolute atomic E-state index is 0.176. The van der Waals surface area contributed by atoms with Gasteiger partial charge in [-0.25, -0.2) is 0 Å². The van der Waals surface area contributed by atoms with Crippen LogP contribution in [0.3, 0.4) is 0 Å². The van der Waals surface area contributed by atoms with E-state index in [9.17, 15) is 4.79 Å². The van der Waals surface area contributed by atoms with Gasteiger partial charge in [-0.2, -0.15) is 0 Å². The summed E-state index contributed by atoms with van der Waals surface area (Å²) in [5.74, 6) is 0.713. The molecule has 0 spiro atoms. The zero-order chi connectivity index (χ0) is 17.6. The molecule has 0 saturated carbocycles. The highest BCUT2D eigenvalue weighted by Crippen LogP contribution is 2.40. The predicted octanol–water partition coefficient (Wildman–Crippen LogP) is 4.24. The van der Waals surface area contributed by atoms with Crippen LogP contribution in [0.15, 0.2) is 59.5 Å². The summed E-state index contributed by atoms with van der Waals surface area (Å²) in [7, 11) is 1.96. The Kier molecular flexibility index (Phi) is 6.40. The summed E-state index contributed by atoms with van der Waals surface area (Å²) in [6.45, 7) is 2.61. The third-order valence-corrected chi connectivity index (χ3v) is 6.26. The van der Waals surface area contributed by atoms with E-state index in [0.29, 0.717) is 10.9 Å². The van der Waals surface area contributed by atoms with Gasteiger partial charge < -0.3 is 10.2 Å². The Labute approximate surface area is 158 Å². The van der Waals surface area contributed by atoms with E-state index in [1.54, 1.807) is 0 Å². The second-order valence-electron chi connectivity index (χ2n) is 6.34. The predicted molar refractivity (Wildman–Crippen MR) is 105 cm³/mol. The molecule has 1 aliphatic rings. The monoisotopic (exact) mass is 374 g/mol. The van der Waals surface area contributed by atoms with Crippen molar-refractivity contribution in [3.8, 4) is 0 Å². The molecule has 0 aromatic heterocycles. The molecule has 1 N–H and O–H groups in total. The van der Waals surface area contributed by atoms with Gasteiger partial charge in [-0.05, 0) is 43.6 Å². The van der Waals surface area contributed by atoms with Crippen LogP contribution in [0.2, 0.25) is 5.02 Å². The number of carbonyl (C=O) groups excluding carboxylic acids is 1. The molecular formula is C20H23ClN2OS. The van der Waals surface area contributed by atoms with Crippen molar-refractivity contribution in [2.75, 3.05) is 26.7 Å². The van der Waals surface area contributed by atoms with Gasteiger partial charge in [-0.1, -0.05) is 54.1 Å². The van der Waals surface area contributed by atoms with E-state index in [1.165, 1.54) is 11.8 Å². The molecule has 2 aromatic carbocycles. The molecule has 0 radical (unpaired) electrons. The normalized spacial score (nSPS) is 18.3. The van der Waals surface area contributed by atoms with Crippen molar-refractivity contribution < 1.29 is 4.79 Å². The molecule has 3 rings (SSSR count). The van der Waals surface area contributed by atoms with Crippen LogP contribution in [-0.2, 0) is 4.79 Å². The van der Waals surface area contributed by atoms with Gasteiger partial charge in [0.1, 0.15) is 5.25 Å². The number of rotatable bonds is 6. The number of hydrogen-bond acceptors (Lipinski definition) is 3. The molecule has 1 aliphatic heterocycles. The lowest BCUT2D eigenvalue weighted by Crippen LogP contribution is -2.33. The quantitative estimate of drug-likeness (QED) is 0.767. The van der Waals surface area contributed by atoms with Crippen LogP contribution >= 0.6 is 23.4 Å². The molecule has 2 atom stereocenters. The number of thioether (sulfide) groups is 1. The van der Waals surface area contributed by atoms with E-state index in [4.69, 9.17) is 11.6 Å². The lowest BCUT2D eigenvalue weighted by molar-refractivity contribution is -0.129. The summed E-state index contributed by atoms with van der Waals surface area (Å²) < 4.78 is 0. The van der Waals surface area contributed by atoms with Gasteiger partial charge in [0.2, 0.25) is 5.91 Å². The van der Waals surface area contributed by atoms with E-state index in [2.05, 4.69) is 5.32 Å². The fourth-order valence-corrected chi connectivity index (χ4v) is 4.61. The number of halogens is 1. The Balaban J connectivity index is 1.82. The van der Waals surface area contributed by atoms with Gasteiger partial charge in [-0.15, -0.1) is 11.8 Å². The van der Waals surface area contributed by atoms with Crippen molar-refractivity contribution in [1.29, 1.82) is 0 Å². The molecule has 25 heavy (non-hydrogen) atoms. The van der Waals surface area contributed by atoms with E-state index in [-0.39, 0.29) is 11.2 Å². The standard InChI is InChI=1S/C20H23ClN2OS/c1-22-13-15-11-12-23(14-15)20(24)19(16-7-3-2-4-8-16)25-18-10-6-5-9-17(18)21/h2-10,15,19,22H,11-14H2,1H3. The molecule has 2 aromatic rings. The number of nitrogens with zero attached hydrogens (tertiary/aromatic N) is 1. The first-order valence-electron chi connectivity index (χ1n) is 8.58. The summed E-state index contributed by atoms with van der Waals surface area (Å²) in [6.07, 6.45) is 1.06. The van der Waals surface area contributed by atoms with Gasteiger partial charge in [0.25, 0.3) is 0 Å². The number of benzene rings is 2. The highest BCUT2D eigenvalue weighted by molar-refractivity contribution is 8.00. The van der Waals surface area contributed by atoms with Gasteiger partial charge in [-0.3, -0.25) is 4.79 Å². The maximum atomic E-state index is 13.3. The van der Waals surface area contributed by atoms with Crippen molar-refractivity contribution in [3.63, 3.8) is 0 Å². The smallest absolute Gasteiger partial charge is 0.240 e. The van der Waals surface area contributed by atoms with Crippen LogP contribution in [-0.4, -0.2) is 37.5 Å². The highest BCUT2D eigenvalue weighted by atomic mass is 35.5. The lowest BCUT2D eigenvalue weighted by atomic mass is 10.1. The van der Waals surface area contributed by atoms with Crippen LogP contribution in [0, 0.1) is 5.92 Å². The molecule has 3 nitrogen and oxygen atoms in total. The summed E-state index contributed by atoms with van der Waals surface area (Å²) in [5.41, 5.74) is 1.02. The number of amides is 1. The minimum Gasteiger partial charge on any atom is -0.341 e. The first-order chi connectivity index (χ1) is 12.2. The summed E-state index contributed by atoms with van der Waals surface area (Å²) in [5, 5.41) is 3.64. The molecule has 1 heterocycles. The Bertz CT molecular complexity index is 710. The molecule has 1 fully saturated rings. The average molecular weight is 375 g/mol. The van der Waals surface area contributed by atoms with Crippen LogP contribution in [0.25, 0.3) is 0 Å². The van der Waals surface area contributed by atoms with Crippen molar-refractivity contribution in [3.05, 3.63) is 65.2 Å². The zero-order valence-corrected chi connectivity index (χ0v) is 15.9. The topological polar surface area (TPSA) is 32.3 Å². The molecule has 132 valence electrons. The van der Waals surface area contributed by atoms with E-state index < -0.39 is 0 Å². The van der Waals surface area contributed by atoms with Gasteiger partial charge >= 0.3 is 0 Å². The van der Waals surface area contributed by atoms with Crippen LogP contribution < -0.4 is 5.32 Å². The summed E-state index contributed by atoms with van der Waals surface area (Å²) >= 11 is 7.87. The SMILES string of the molecule is CNCC1CCN(C(=O)C(Sc2ccccc2Cl)c2ccccc2)C1. The van der Waals surface area contributed by atoms with Gasteiger partial charge in [0.05, 0.1) is 5.02 Å². The fourth-order valence-electron chi connectivity index (χ4n) is 3.21. The molecule has 5 heteroatoms. The Morgan fingerprint density at radius 2 is 1.96 bits per heavy atom. The summed E-state index contributed by atoms with van der Waals surface area (Å²) in [4.78, 5) is 16.2. The molecule has 0 bridgehead atoms. The molecule has 0 aliphatic carbocycles. The summed E-state index contributed by atoms with van der Waals surface area (Å²) in [6, 6.07) is 17.7. The molecule has 1 amide bonds. The Morgan fingerprint density at radius 1 is 1.24 bits per heavy atom. The third kappa shape index (κ3) is 4.57. The van der Waals surface area contributed by atoms with E-state index in [1.807, 2.05) is 66.5 Å². The van der Waals surface area contributed by atoms with Crippen molar-refractivity contribution in [2.45, 2.75) is 16.6 Å². The first-order valence-corrected chi connectivity index (χ1v) is 9.84. The number of nitrogens with one attached hydrogen (secondary N) is 1. The van der Waals surface area contributed by atoms with Crippen molar-refractivity contribution >= 4 is 29.3 Å². The number of likely N-dealkylation sites (tertiary alicyclic amines) is 1. The Hall–Kier alpha value is -1.49. The second kappa shape index (κ2) is 8.75. The van der Waals surface area contributed by atoms with Crippen LogP contribution in [0.4, 0.5) is 0 Å². The zero-order valence-electron chi connectivity index (χ0n) is 14.3. The average Bonchev–Trinajstić information content (AvgIpc) is 3.10. The fraction of sp³-hybridized carbons (Fsp3) is 0.350. The number of carbonyl (C=O) groups is 1. The minimum atomic E-state index is -0.269. The maximum Gasteiger partial charge on any atom is 0.240 e. The number of hydrogen-bond donors (Lipinski definition) is 1. The molecule has 2 unspecified atom stereocenters. The Morgan fingerprint density at radius 3 is 2.68 bits per heavy atom. The van der Waals surface area contributed by atoms with Crippen LogP contribution in [0.1, 0.15) is 17.2 Å². The van der Waals surface area contributed by atoms with Gasteiger partial charge in [0, 0.05) is 18.0 Å². The first kappa shape index (κ1) is 18.3. The lowest BCUT2D eigenvalue weighted by Gasteiger charge is -2.24. The van der Waals surface area contributed by atoms with E-state index >= 15 is 0 Å². The largest absolute Gasteiger partial charge is 0.341 e. The van der Waals surface area contributed by atoms with Crippen molar-refractivity contribution in [1.82, 2.24) is 10.2 Å². The molecular weight excluding hydrogens is 352 g/mol. The van der Waals surface area contributed by atoms with Crippen molar-refractivity contribution in [2.24, 2.45) is 5.92 Å². The van der Waals surface area contributed by atoms with Crippen LogP contribution in [0.5, 0.6) is 0 Å².